The first kappa shape index (κ1) is 18.3. The van der Waals surface area contributed by atoms with Gasteiger partial charge in [0, 0.05) is 18.1 Å². The average Bonchev–Trinajstić information content (AvgIpc) is 2.65. The largest absolute Gasteiger partial charge is 0.505 e. The maximum atomic E-state index is 11.1. The molecule has 27 heavy (non-hydrogen) atoms. The summed E-state index contributed by atoms with van der Waals surface area (Å²) in [6.45, 7) is 3.93. The van der Waals surface area contributed by atoms with Crippen LogP contribution in [0.2, 0.25) is 0 Å². The highest BCUT2D eigenvalue weighted by Gasteiger charge is 2.13. The van der Waals surface area contributed by atoms with Gasteiger partial charge in [-0.15, -0.1) is 10.2 Å². The monoisotopic (exact) mass is 361 g/mol. The predicted octanol–water partition coefficient (Wildman–Crippen LogP) is 5.92. The number of hydrogen-bond donors (Lipinski definition) is 1. The van der Waals surface area contributed by atoms with Gasteiger partial charge in [-0.3, -0.25) is 10.1 Å². The van der Waals surface area contributed by atoms with Crippen LogP contribution in [0.15, 0.2) is 70.9 Å². The third-order valence-corrected chi connectivity index (χ3v) is 4.30. The molecule has 3 aromatic carbocycles. The predicted molar refractivity (Wildman–Crippen MR) is 104 cm³/mol. The van der Waals surface area contributed by atoms with E-state index in [1.54, 1.807) is 18.2 Å². The minimum atomic E-state index is -0.506. The third kappa shape index (κ3) is 4.17. The second-order valence-corrected chi connectivity index (χ2v) is 6.34. The highest BCUT2D eigenvalue weighted by Crippen LogP contribution is 2.36. The summed E-state index contributed by atoms with van der Waals surface area (Å²) in [5.74, 6) is 0.0335. The van der Waals surface area contributed by atoms with Gasteiger partial charge >= 0.3 is 0 Å². The third-order valence-electron chi connectivity index (χ3n) is 4.30. The van der Waals surface area contributed by atoms with E-state index in [1.807, 2.05) is 44.2 Å². The zero-order valence-corrected chi connectivity index (χ0v) is 15.1. The van der Waals surface area contributed by atoms with Crippen LogP contribution < -0.4 is 0 Å². The van der Waals surface area contributed by atoms with Crippen LogP contribution >= 0.6 is 0 Å². The number of nitro groups is 1. The van der Waals surface area contributed by atoms with Gasteiger partial charge in [0.2, 0.25) is 0 Å². The average molecular weight is 361 g/mol. The van der Waals surface area contributed by atoms with Crippen LogP contribution in [-0.2, 0) is 6.42 Å². The number of benzene rings is 3. The topological polar surface area (TPSA) is 88.1 Å². The summed E-state index contributed by atoms with van der Waals surface area (Å²) in [6, 6.07) is 17.7. The van der Waals surface area contributed by atoms with Crippen LogP contribution in [0, 0.1) is 24.0 Å². The van der Waals surface area contributed by atoms with Gasteiger partial charge in [-0.1, -0.05) is 42.5 Å². The highest BCUT2D eigenvalue weighted by molar-refractivity contribution is 5.60. The fourth-order valence-electron chi connectivity index (χ4n) is 2.87. The molecule has 0 saturated heterocycles. The van der Waals surface area contributed by atoms with Crippen LogP contribution in [0.4, 0.5) is 17.1 Å². The molecule has 0 spiro atoms. The van der Waals surface area contributed by atoms with Crippen LogP contribution in [-0.4, -0.2) is 10.0 Å². The normalized spacial score (nSPS) is 11.0. The lowest BCUT2D eigenvalue weighted by Crippen LogP contribution is -1.93. The van der Waals surface area contributed by atoms with Crippen LogP contribution in [0.1, 0.15) is 22.3 Å². The molecule has 0 amide bonds. The lowest BCUT2D eigenvalue weighted by Gasteiger charge is -2.10. The second kappa shape index (κ2) is 7.78. The first-order valence-electron chi connectivity index (χ1n) is 8.48. The van der Waals surface area contributed by atoms with Crippen molar-refractivity contribution in [3.63, 3.8) is 0 Å². The Bertz CT molecular complexity index is 1030. The Balaban J connectivity index is 1.97. The van der Waals surface area contributed by atoms with Crippen molar-refractivity contribution in [1.82, 2.24) is 0 Å². The van der Waals surface area contributed by atoms with Crippen molar-refractivity contribution in [3.05, 3.63) is 93.0 Å². The number of phenols is 1. The maximum Gasteiger partial charge on any atom is 0.296 e. The summed E-state index contributed by atoms with van der Waals surface area (Å²) in [6.07, 6.45) is 0.564. The van der Waals surface area contributed by atoms with Crippen molar-refractivity contribution in [3.8, 4) is 5.75 Å². The number of azo groups is 1. The van der Waals surface area contributed by atoms with E-state index in [-0.39, 0.29) is 22.8 Å². The molecule has 6 nitrogen and oxygen atoms in total. The Morgan fingerprint density at radius 3 is 2.33 bits per heavy atom. The van der Waals surface area contributed by atoms with Crippen molar-refractivity contribution in [2.75, 3.05) is 0 Å². The Hall–Kier alpha value is -3.54. The molecular formula is C21H19N3O3. The molecule has 0 aliphatic rings. The molecule has 0 radical (unpaired) electrons. The molecule has 0 aromatic heterocycles. The van der Waals surface area contributed by atoms with Gasteiger partial charge < -0.3 is 5.11 Å². The second-order valence-electron chi connectivity index (χ2n) is 6.34. The van der Waals surface area contributed by atoms with E-state index in [0.717, 1.165) is 22.3 Å². The molecule has 0 bridgehead atoms. The quantitative estimate of drug-likeness (QED) is 0.347. The van der Waals surface area contributed by atoms with Crippen molar-refractivity contribution < 1.29 is 10.0 Å². The van der Waals surface area contributed by atoms with Gasteiger partial charge in [-0.2, -0.15) is 0 Å². The fourth-order valence-corrected chi connectivity index (χ4v) is 2.87. The molecule has 0 unspecified atom stereocenters. The van der Waals surface area contributed by atoms with E-state index in [0.29, 0.717) is 6.42 Å². The number of para-hydroxylation sites is 1. The lowest BCUT2D eigenvalue weighted by molar-refractivity contribution is -0.384. The van der Waals surface area contributed by atoms with Crippen LogP contribution in [0.25, 0.3) is 0 Å². The summed E-state index contributed by atoms with van der Waals surface area (Å²) in [5, 5.41) is 29.8. The zero-order valence-electron chi connectivity index (χ0n) is 15.1. The number of phenolic OH excluding ortho intramolecular Hbond substituents is 1. The van der Waals surface area contributed by atoms with Crippen molar-refractivity contribution in [2.45, 2.75) is 20.3 Å². The maximum absolute atomic E-state index is 11.1. The highest BCUT2D eigenvalue weighted by atomic mass is 16.6. The molecule has 3 aromatic rings. The molecule has 0 fully saturated rings. The van der Waals surface area contributed by atoms with Crippen LogP contribution in [0.3, 0.4) is 0 Å². The first-order chi connectivity index (χ1) is 13.0. The summed E-state index contributed by atoms with van der Waals surface area (Å²) in [7, 11) is 0. The Morgan fingerprint density at radius 2 is 1.59 bits per heavy atom. The zero-order chi connectivity index (χ0) is 19.4. The summed E-state index contributed by atoms with van der Waals surface area (Å²) < 4.78 is 0. The molecular weight excluding hydrogens is 342 g/mol. The Labute approximate surface area is 157 Å². The molecule has 6 heteroatoms. The SMILES string of the molecule is Cc1cc(Cc2ccccc2C)c(O)c(/N=N/c2ccccc2[N+](=O)[O-])c1. The molecule has 136 valence electrons. The minimum absolute atomic E-state index is 0.0335. The van der Waals surface area contributed by atoms with Crippen molar-refractivity contribution in [1.29, 1.82) is 0 Å². The van der Waals surface area contributed by atoms with E-state index >= 15 is 0 Å². The fraction of sp³-hybridized carbons (Fsp3) is 0.143. The summed E-state index contributed by atoms with van der Waals surface area (Å²) in [4.78, 5) is 10.6. The minimum Gasteiger partial charge on any atom is -0.505 e. The standard InChI is InChI=1S/C21H19N3O3/c1-14-11-17(13-16-8-4-3-7-15(16)2)21(25)19(12-14)23-22-18-9-5-6-10-20(18)24(26)27/h3-12,25H,13H2,1-2H3/b23-22+. The molecule has 0 saturated carbocycles. The number of rotatable bonds is 5. The number of hydrogen-bond acceptors (Lipinski definition) is 5. The van der Waals surface area contributed by atoms with Gasteiger partial charge in [-0.05, 0) is 42.7 Å². The molecule has 0 atom stereocenters. The number of aryl methyl sites for hydroxylation is 2. The van der Waals surface area contributed by atoms with Gasteiger partial charge in [0.05, 0.1) is 4.92 Å². The van der Waals surface area contributed by atoms with E-state index in [4.69, 9.17) is 0 Å². The van der Waals surface area contributed by atoms with Crippen molar-refractivity contribution >= 4 is 17.1 Å². The lowest BCUT2D eigenvalue weighted by atomic mass is 9.98. The number of aromatic hydroxyl groups is 1. The van der Waals surface area contributed by atoms with E-state index in [2.05, 4.69) is 10.2 Å². The summed E-state index contributed by atoms with van der Waals surface area (Å²) in [5.41, 5.74) is 4.21. The van der Waals surface area contributed by atoms with E-state index < -0.39 is 4.92 Å². The van der Waals surface area contributed by atoms with E-state index in [9.17, 15) is 15.2 Å². The van der Waals surface area contributed by atoms with Crippen molar-refractivity contribution in [2.24, 2.45) is 10.2 Å². The number of nitrogens with zero attached hydrogens (tertiary/aromatic N) is 3. The smallest absolute Gasteiger partial charge is 0.296 e. The molecule has 1 N–H and O–H groups in total. The summed E-state index contributed by atoms with van der Waals surface area (Å²) >= 11 is 0. The van der Waals surface area contributed by atoms with Gasteiger partial charge in [0.15, 0.2) is 5.69 Å². The molecule has 0 heterocycles. The van der Waals surface area contributed by atoms with E-state index in [1.165, 1.54) is 12.1 Å². The molecule has 0 aliphatic carbocycles. The van der Waals surface area contributed by atoms with Gasteiger partial charge in [-0.25, -0.2) is 0 Å². The number of nitro benzene ring substituents is 1. The first-order valence-corrected chi connectivity index (χ1v) is 8.48. The van der Waals surface area contributed by atoms with Crippen LogP contribution in [0.5, 0.6) is 5.75 Å². The Morgan fingerprint density at radius 1 is 0.926 bits per heavy atom. The molecule has 0 aliphatic heterocycles. The molecule has 3 rings (SSSR count). The Kier molecular flexibility index (Phi) is 5.26. The van der Waals surface area contributed by atoms with Gasteiger partial charge in [0.25, 0.3) is 5.69 Å². The van der Waals surface area contributed by atoms with Gasteiger partial charge in [0.1, 0.15) is 11.4 Å².